The van der Waals surface area contributed by atoms with Crippen molar-refractivity contribution in [1.82, 2.24) is 4.90 Å². The number of hydrogen-bond donors (Lipinski definition) is 1. The second-order valence-corrected chi connectivity index (χ2v) is 4.68. The number of nitrogens with one attached hydrogen (secondary N) is 1. The molecular weight excluding hydrogens is 277 g/mol. The topological polar surface area (TPSA) is 56.6 Å². The monoisotopic (exact) mass is 287 g/mol. The number of carbonyl (C=O) groups excluding carboxylic acids is 1. The van der Waals surface area contributed by atoms with E-state index in [2.05, 4.69) is 0 Å². The first-order valence-electron chi connectivity index (χ1n) is 5.11. The highest BCUT2D eigenvalue weighted by atomic mass is 35.5. The first-order valence-corrected chi connectivity index (χ1v) is 5.87. The summed E-state index contributed by atoms with van der Waals surface area (Å²) < 4.78 is 5.04. The van der Waals surface area contributed by atoms with Gasteiger partial charge in [-0.2, -0.15) is 0 Å². The largest absolute Gasteiger partial charge is 0.494 e. The minimum atomic E-state index is -0.280. The van der Waals surface area contributed by atoms with Gasteiger partial charge in [-0.25, -0.2) is 9.69 Å². The number of amidine groups is 1. The molecule has 96 valence electrons. The van der Waals surface area contributed by atoms with Crippen LogP contribution < -0.4 is 9.64 Å². The van der Waals surface area contributed by atoms with Gasteiger partial charge in [0.15, 0.2) is 5.75 Å². The lowest BCUT2D eigenvalue weighted by Crippen LogP contribution is -2.31. The highest BCUT2D eigenvalue weighted by Gasteiger charge is 2.32. The maximum Gasteiger partial charge on any atom is 0.330 e. The molecule has 1 aliphatic heterocycles. The predicted molar refractivity (Wildman–Crippen MR) is 71.2 cm³/mol. The highest BCUT2D eigenvalue weighted by molar-refractivity contribution is 6.38. The van der Waals surface area contributed by atoms with E-state index in [0.29, 0.717) is 21.5 Å². The lowest BCUT2D eigenvalue weighted by molar-refractivity contribution is 0.229. The maximum atomic E-state index is 11.9. The van der Waals surface area contributed by atoms with Gasteiger partial charge < -0.3 is 9.64 Å². The molecule has 1 N–H and O–H groups in total. The Morgan fingerprint density at radius 3 is 2.28 bits per heavy atom. The van der Waals surface area contributed by atoms with Gasteiger partial charge in [-0.1, -0.05) is 23.2 Å². The average Bonchev–Trinajstić information content (AvgIpc) is 2.52. The molecule has 1 saturated heterocycles. The van der Waals surface area contributed by atoms with E-state index in [1.165, 1.54) is 16.9 Å². The van der Waals surface area contributed by atoms with Gasteiger partial charge >= 0.3 is 6.03 Å². The minimum absolute atomic E-state index is 0.180. The van der Waals surface area contributed by atoms with E-state index in [9.17, 15) is 4.79 Å². The molecule has 18 heavy (non-hydrogen) atoms. The van der Waals surface area contributed by atoms with Crippen molar-refractivity contribution in [1.29, 1.82) is 5.41 Å². The smallest absolute Gasteiger partial charge is 0.330 e. The standard InChI is InChI=1S/C11H11Cl2N3O2/c1-15-5-9(14)16(11(15)17)6-3-7(12)10(18-2)8(13)4-6/h3-4,14H,5H2,1-2H3. The van der Waals surface area contributed by atoms with Gasteiger partial charge in [0.2, 0.25) is 0 Å². The van der Waals surface area contributed by atoms with Gasteiger partial charge in [-0.3, -0.25) is 5.41 Å². The van der Waals surface area contributed by atoms with E-state index < -0.39 is 0 Å². The molecule has 1 aliphatic rings. The van der Waals surface area contributed by atoms with E-state index in [0.717, 1.165) is 0 Å². The van der Waals surface area contributed by atoms with E-state index in [1.54, 1.807) is 19.2 Å². The predicted octanol–water partition coefficient (Wildman–Crippen LogP) is 2.85. The van der Waals surface area contributed by atoms with Crippen molar-refractivity contribution in [3.63, 3.8) is 0 Å². The zero-order chi connectivity index (χ0) is 13.4. The lowest BCUT2D eigenvalue weighted by atomic mass is 10.2. The van der Waals surface area contributed by atoms with Crippen LogP contribution in [0.1, 0.15) is 0 Å². The van der Waals surface area contributed by atoms with Gasteiger partial charge in [0.05, 0.1) is 29.4 Å². The van der Waals surface area contributed by atoms with Gasteiger partial charge in [0, 0.05) is 7.05 Å². The van der Waals surface area contributed by atoms with Crippen molar-refractivity contribution in [3.8, 4) is 5.75 Å². The van der Waals surface area contributed by atoms with Crippen molar-refractivity contribution in [2.45, 2.75) is 0 Å². The number of methoxy groups -OCH3 is 1. The van der Waals surface area contributed by atoms with E-state index in [4.69, 9.17) is 33.3 Å². The first kappa shape index (κ1) is 13.0. The second-order valence-electron chi connectivity index (χ2n) is 3.86. The molecule has 1 heterocycles. The number of carbonyl (C=O) groups is 1. The minimum Gasteiger partial charge on any atom is -0.494 e. The molecule has 0 aliphatic carbocycles. The Hall–Kier alpha value is -1.46. The third-order valence-corrected chi connectivity index (χ3v) is 3.18. The molecule has 2 amide bonds. The van der Waals surface area contributed by atoms with Crippen LogP contribution in [0.4, 0.5) is 10.5 Å². The van der Waals surface area contributed by atoms with Crippen LogP contribution in [0.15, 0.2) is 12.1 Å². The van der Waals surface area contributed by atoms with Crippen LogP contribution in [-0.4, -0.2) is 37.5 Å². The summed E-state index contributed by atoms with van der Waals surface area (Å²) in [6.07, 6.45) is 0. The van der Waals surface area contributed by atoms with E-state index in [1.807, 2.05) is 0 Å². The Morgan fingerprint density at radius 2 is 1.89 bits per heavy atom. The van der Waals surface area contributed by atoms with E-state index in [-0.39, 0.29) is 18.4 Å². The number of benzene rings is 1. The summed E-state index contributed by atoms with van der Waals surface area (Å²) in [7, 11) is 3.09. The van der Waals surface area contributed by atoms with Crippen molar-refractivity contribution in [2.75, 3.05) is 25.6 Å². The molecule has 1 aromatic rings. The van der Waals surface area contributed by atoms with Crippen LogP contribution in [0.2, 0.25) is 10.0 Å². The Morgan fingerprint density at radius 1 is 1.33 bits per heavy atom. The zero-order valence-corrected chi connectivity index (χ0v) is 11.3. The Bertz CT molecular complexity index is 510. The molecule has 0 aromatic heterocycles. The summed E-state index contributed by atoms with van der Waals surface area (Å²) in [5.41, 5.74) is 0.463. The molecule has 0 bridgehead atoms. The molecule has 0 saturated carbocycles. The van der Waals surface area contributed by atoms with Crippen LogP contribution in [0, 0.1) is 5.41 Å². The van der Waals surface area contributed by atoms with Crippen LogP contribution in [0.3, 0.4) is 0 Å². The third-order valence-electron chi connectivity index (χ3n) is 2.62. The first-order chi connectivity index (χ1) is 8.45. The molecule has 0 spiro atoms. The van der Waals surface area contributed by atoms with Crippen molar-refractivity contribution >= 4 is 40.8 Å². The van der Waals surface area contributed by atoms with E-state index >= 15 is 0 Å². The molecule has 0 unspecified atom stereocenters. The summed E-state index contributed by atoms with van der Waals surface area (Å²) in [5.74, 6) is 0.536. The number of urea groups is 1. The van der Waals surface area contributed by atoms with Gasteiger partial charge in [0.25, 0.3) is 0 Å². The maximum absolute atomic E-state index is 11.9. The Balaban J connectivity index is 2.47. The average molecular weight is 288 g/mol. The third kappa shape index (κ3) is 2.00. The number of rotatable bonds is 2. The van der Waals surface area contributed by atoms with Crippen LogP contribution in [-0.2, 0) is 0 Å². The summed E-state index contributed by atoms with van der Waals surface area (Å²) in [6.45, 7) is 0.264. The number of ether oxygens (including phenoxy) is 1. The fraction of sp³-hybridized carbons (Fsp3) is 0.273. The quantitative estimate of drug-likeness (QED) is 0.909. The van der Waals surface area contributed by atoms with Gasteiger partial charge in [0.1, 0.15) is 5.84 Å². The lowest BCUT2D eigenvalue weighted by Gasteiger charge is -2.17. The number of halogens is 2. The molecular formula is C11H11Cl2N3O2. The summed E-state index contributed by atoms with van der Waals surface area (Å²) >= 11 is 12.0. The molecule has 0 radical (unpaired) electrons. The van der Waals surface area contributed by atoms with Gasteiger partial charge in [-0.15, -0.1) is 0 Å². The SMILES string of the molecule is COc1c(Cl)cc(N2C(=N)CN(C)C2=O)cc1Cl. The molecule has 0 atom stereocenters. The summed E-state index contributed by atoms with van der Waals surface area (Å²) in [5, 5.41) is 8.39. The van der Waals surface area contributed by atoms with Crippen molar-refractivity contribution in [3.05, 3.63) is 22.2 Å². The highest BCUT2D eigenvalue weighted by Crippen LogP contribution is 2.37. The fourth-order valence-corrected chi connectivity index (χ4v) is 2.42. The second kappa shape index (κ2) is 4.66. The van der Waals surface area contributed by atoms with Crippen LogP contribution in [0.5, 0.6) is 5.75 Å². The molecule has 1 fully saturated rings. The fourth-order valence-electron chi connectivity index (χ4n) is 1.79. The van der Waals surface area contributed by atoms with Crippen molar-refractivity contribution in [2.24, 2.45) is 0 Å². The molecule has 1 aromatic carbocycles. The zero-order valence-electron chi connectivity index (χ0n) is 9.83. The normalized spacial score (nSPS) is 15.6. The Labute approximate surface area is 114 Å². The number of hydrogen-bond acceptors (Lipinski definition) is 3. The Kier molecular flexibility index (Phi) is 3.36. The van der Waals surface area contributed by atoms with Gasteiger partial charge in [-0.05, 0) is 12.1 Å². The summed E-state index contributed by atoms with van der Waals surface area (Å²) in [6, 6.07) is 2.83. The number of likely N-dealkylation sites (N-methyl/N-ethyl adjacent to an activating group) is 1. The van der Waals surface area contributed by atoms with Crippen LogP contribution >= 0.6 is 23.2 Å². The van der Waals surface area contributed by atoms with Crippen molar-refractivity contribution < 1.29 is 9.53 Å². The summed E-state index contributed by atoms with van der Waals surface area (Å²) in [4.78, 5) is 14.6. The number of anilines is 1. The molecule has 5 nitrogen and oxygen atoms in total. The van der Waals surface area contributed by atoms with Crippen LogP contribution in [0.25, 0.3) is 0 Å². The molecule has 2 rings (SSSR count). The molecule has 7 heteroatoms. The number of amides is 2. The number of nitrogens with zero attached hydrogens (tertiary/aromatic N) is 2.